The Morgan fingerprint density at radius 1 is 1.11 bits per heavy atom. The largest absolute Gasteiger partial charge is 0.392 e. The van der Waals surface area contributed by atoms with Crippen LogP contribution in [0.5, 0.6) is 0 Å². The minimum Gasteiger partial charge on any atom is -0.392 e. The van der Waals surface area contributed by atoms with Gasteiger partial charge >= 0.3 is 0 Å². The summed E-state index contributed by atoms with van der Waals surface area (Å²) in [5.41, 5.74) is 5.05. The molecular weight excluding hydrogens is 372 g/mol. The zero-order chi connectivity index (χ0) is 19.8. The highest BCUT2D eigenvalue weighted by Gasteiger charge is 2.25. The summed E-state index contributed by atoms with van der Waals surface area (Å²) < 4.78 is 0.994. The molecule has 0 bridgehead atoms. The van der Waals surface area contributed by atoms with Crippen LogP contribution in [-0.4, -0.2) is 50.5 Å². The molecule has 4 rings (SSSR count). The van der Waals surface area contributed by atoms with Crippen LogP contribution in [0, 0.1) is 0 Å². The number of nitrogens with zero attached hydrogens (tertiary/aromatic N) is 4. The predicted molar refractivity (Wildman–Crippen MR) is 114 cm³/mol. The maximum Gasteiger partial charge on any atom is 0.150 e. The molecule has 6 nitrogen and oxygen atoms in total. The van der Waals surface area contributed by atoms with Crippen molar-refractivity contribution in [2.24, 2.45) is 0 Å². The summed E-state index contributed by atoms with van der Waals surface area (Å²) in [6, 6.07) is 0. The van der Waals surface area contributed by atoms with Gasteiger partial charge in [0.25, 0.3) is 0 Å². The smallest absolute Gasteiger partial charge is 0.150 e. The quantitative estimate of drug-likeness (QED) is 0.634. The third-order valence-corrected chi connectivity index (χ3v) is 6.36. The van der Waals surface area contributed by atoms with Crippen molar-refractivity contribution < 1.29 is 10.2 Å². The van der Waals surface area contributed by atoms with Gasteiger partial charge in [0, 0.05) is 24.2 Å². The van der Waals surface area contributed by atoms with Gasteiger partial charge in [0.1, 0.15) is 17.0 Å². The van der Waals surface area contributed by atoms with Gasteiger partial charge in [-0.2, -0.15) is 0 Å². The molecule has 28 heavy (non-hydrogen) atoms. The first kappa shape index (κ1) is 19.5. The molecule has 0 fully saturated rings. The Balaban J connectivity index is 1.93. The van der Waals surface area contributed by atoms with Gasteiger partial charge in [0.15, 0.2) is 0 Å². The maximum atomic E-state index is 9.96. The molecule has 0 spiro atoms. The van der Waals surface area contributed by atoms with Gasteiger partial charge in [0.2, 0.25) is 0 Å². The van der Waals surface area contributed by atoms with E-state index in [4.69, 9.17) is 4.98 Å². The molecule has 2 atom stereocenters. The molecule has 2 unspecified atom stereocenters. The number of rotatable bonds is 7. The molecule has 3 aromatic rings. The van der Waals surface area contributed by atoms with E-state index in [0.717, 1.165) is 46.5 Å². The fraction of sp³-hybridized carbons (Fsp3) is 0.571. The number of aromatic nitrogens is 3. The van der Waals surface area contributed by atoms with E-state index in [2.05, 4.69) is 16.9 Å². The molecule has 0 saturated carbocycles. The van der Waals surface area contributed by atoms with Crippen LogP contribution in [-0.2, 0) is 19.3 Å². The van der Waals surface area contributed by atoms with E-state index in [1.54, 1.807) is 31.5 Å². The van der Waals surface area contributed by atoms with Gasteiger partial charge in [-0.15, -0.1) is 11.3 Å². The van der Waals surface area contributed by atoms with Crippen molar-refractivity contribution in [1.82, 2.24) is 15.0 Å². The Hall–Kier alpha value is -1.83. The summed E-state index contributed by atoms with van der Waals surface area (Å²) in [5.74, 6) is 0.776. The summed E-state index contributed by atoms with van der Waals surface area (Å²) in [7, 11) is 0. The van der Waals surface area contributed by atoms with E-state index in [1.165, 1.54) is 28.6 Å². The molecule has 0 amide bonds. The van der Waals surface area contributed by atoms with E-state index in [0.29, 0.717) is 13.1 Å². The van der Waals surface area contributed by atoms with Crippen LogP contribution in [0.15, 0.2) is 6.33 Å². The van der Waals surface area contributed by atoms with Crippen LogP contribution in [0.3, 0.4) is 0 Å². The monoisotopic (exact) mass is 400 g/mol. The van der Waals surface area contributed by atoms with E-state index >= 15 is 0 Å². The summed E-state index contributed by atoms with van der Waals surface area (Å²) in [6.07, 6.45) is 6.05. The Kier molecular flexibility index (Phi) is 5.49. The average molecular weight is 401 g/mol. The second-order valence-corrected chi connectivity index (χ2v) is 8.88. The Morgan fingerprint density at radius 2 is 1.82 bits per heavy atom. The molecule has 0 radical (unpaired) electrons. The first-order valence-corrected chi connectivity index (χ1v) is 11.0. The summed E-state index contributed by atoms with van der Waals surface area (Å²) >= 11 is 1.64. The molecule has 0 aliphatic heterocycles. The van der Waals surface area contributed by atoms with Crippen LogP contribution in [0.1, 0.15) is 50.4 Å². The van der Waals surface area contributed by atoms with E-state index in [9.17, 15) is 10.2 Å². The zero-order valence-electron chi connectivity index (χ0n) is 16.8. The van der Waals surface area contributed by atoms with Crippen molar-refractivity contribution in [2.45, 2.75) is 65.1 Å². The highest BCUT2D eigenvalue weighted by molar-refractivity contribution is 7.26. The van der Waals surface area contributed by atoms with Gasteiger partial charge in [-0.3, -0.25) is 0 Å². The molecule has 0 aromatic carbocycles. The lowest BCUT2D eigenvalue weighted by Crippen LogP contribution is -2.37. The molecule has 7 heteroatoms. The normalized spacial score (nSPS) is 15.9. The summed E-state index contributed by atoms with van der Waals surface area (Å²) in [4.78, 5) is 17.2. The Bertz CT molecular complexity index is 989. The van der Waals surface area contributed by atoms with Crippen LogP contribution >= 0.6 is 11.3 Å². The lowest BCUT2D eigenvalue weighted by atomic mass is 10.0. The van der Waals surface area contributed by atoms with E-state index < -0.39 is 12.2 Å². The van der Waals surface area contributed by atoms with Crippen molar-refractivity contribution >= 4 is 37.6 Å². The Labute approximate surface area is 169 Å². The number of anilines is 1. The summed E-state index contributed by atoms with van der Waals surface area (Å²) in [6.45, 7) is 6.54. The van der Waals surface area contributed by atoms with E-state index in [-0.39, 0.29) is 0 Å². The van der Waals surface area contributed by atoms with Crippen molar-refractivity contribution in [2.75, 3.05) is 18.0 Å². The average Bonchev–Trinajstić information content (AvgIpc) is 3.24. The topological polar surface area (TPSA) is 82.4 Å². The fourth-order valence-electron chi connectivity index (χ4n) is 4.32. The highest BCUT2D eigenvalue weighted by Crippen LogP contribution is 2.42. The molecule has 1 aliphatic rings. The van der Waals surface area contributed by atoms with Crippen LogP contribution in [0.2, 0.25) is 0 Å². The van der Waals surface area contributed by atoms with Crippen molar-refractivity contribution in [3.63, 3.8) is 0 Å². The summed E-state index contributed by atoms with van der Waals surface area (Å²) in [5, 5.41) is 21.1. The van der Waals surface area contributed by atoms with Gasteiger partial charge in [0.05, 0.1) is 22.4 Å². The van der Waals surface area contributed by atoms with Gasteiger partial charge < -0.3 is 15.1 Å². The first-order chi connectivity index (χ1) is 13.5. The number of aliphatic hydroxyl groups excluding tert-OH is 2. The van der Waals surface area contributed by atoms with Crippen LogP contribution in [0.4, 0.5) is 5.82 Å². The molecule has 150 valence electrons. The number of hydrogen-bond donors (Lipinski definition) is 2. The first-order valence-electron chi connectivity index (χ1n) is 10.2. The molecule has 3 aromatic heterocycles. The van der Waals surface area contributed by atoms with Gasteiger partial charge in [-0.25, -0.2) is 15.0 Å². The second kappa shape index (κ2) is 7.89. The molecule has 1 aliphatic carbocycles. The Morgan fingerprint density at radius 3 is 2.50 bits per heavy atom. The van der Waals surface area contributed by atoms with E-state index in [1.807, 2.05) is 4.90 Å². The zero-order valence-corrected chi connectivity index (χ0v) is 17.6. The van der Waals surface area contributed by atoms with Gasteiger partial charge in [-0.05, 0) is 50.7 Å². The number of pyridine rings is 1. The molecule has 0 saturated heterocycles. The van der Waals surface area contributed by atoms with Crippen molar-refractivity contribution in [3.8, 4) is 0 Å². The lowest BCUT2D eigenvalue weighted by molar-refractivity contribution is 0.178. The van der Waals surface area contributed by atoms with Crippen LogP contribution in [0.25, 0.3) is 20.4 Å². The second-order valence-electron chi connectivity index (χ2n) is 7.88. The lowest BCUT2D eigenvalue weighted by Gasteiger charge is -2.26. The standard InChI is InChI=1S/C21H28N4O2S/c1-4-6-16-14-7-5-8-15(14)17-18-19(28-21(17)24-16)20(23-11-22-18)25(9-12(2)26)10-13(3)27/h11-13,26-27H,4-10H2,1-3H3. The van der Waals surface area contributed by atoms with Gasteiger partial charge in [-0.1, -0.05) is 13.3 Å². The molecule has 3 heterocycles. The number of aliphatic hydroxyl groups is 2. The molecular formula is C21H28N4O2S. The van der Waals surface area contributed by atoms with Crippen LogP contribution < -0.4 is 4.90 Å². The number of hydrogen-bond acceptors (Lipinski definition) is 7. The number of thiophene rings is 1. The van der Waals surface area contributed by atoms with Crippen molar-refractivity contribution in [3.05, 3.63) is 23.1 Å². The highest BCUT2D eigenvalue weighted by atomic mass is 32.1. The number of aryl methyl sites for hydroxylation is 2. The fourth-order valence-corrected chi connectivity index (χ4v) is 5.51. The third-order valence-electron chi connectivity index (χ3n) is 5.29. The minimum atomic E-state index is -0.517. The predicted octanol–water partition coefficient (Wildman–Crippen LogP) is 3.25. The third kappa shape index (κ3) is 3.47. The SMILES string of the molecule is CCCc1nc2sc3c(N(CC(C)O)CC(C)O)ncnc3c2c2c1CCC2. The minimum absolute atomic E-state index is 0.415. The maximum absolute atomic E-state index is 9.96. The molecule has 2 N–H and O–H groups in total. The number of fused-ring (bicyclic) bond motifs is 5. The van der Waals surface area contributed by atoms with Crippen molar-refractivity contribution in [1.29, 1.82) is 0 Å².